The van der Waals surface area contributed by atoms with E-state index in [1.807, 2.05) is 0 Å². The predicted molar refractivity (Wildman–Crippen MR) is 66.1 cm³/mol. The van der Waals surface area contributed by atoms with Crippen molar-refractivity contribution >= 4 is 11.6 Å². The van der Waals surface area contributed by atoms with E-state index < -0.39 is 0 Å². The Balaban J connectivity index is 1.93. The molecule has 94 valence electrons. The zero-order valence-electron chi connectivity index (χ0n) is 9.74. The van der Waals surface area contributed by atoms with E-state index in [-0.39, 0.29) is 6.10 Å². The summed E-state index contributed by atoms with van der Waals surface area (Å²) in [7, 11) is 1.59. The highest BCUT2D eigenvalue weighted by molar-refractivity contribution is 6.30. The van der Waals surface area contributed by atoms with Gasteiger partial charge in [-0.15, -0.1) is 0 Å². The first-order valence-electron chi connectivity index (χ1n) is 5.58. The molecule has 0 aliphatic carbocycles. The lowest BCUT2D eigenvalue weighted by Gasteiger charge is -2.24. The minimum absolute atomic E-state index is 0.0872. The van der Waals surface area contributed by atoms with Gasteiger partial charge in [0.2, 0.25) is 0 Å². The molecule has 1 saturated heterocycles. The van der Waals surface area contributed by atoms with Gasteiger partial charge >= 0.3 is 0 Å². The molecule has 1 aliphatic rings. The lowest BCUT2D eigenvalue weighted by atomic mass is 10.3. The van der Waals surface area contributed by atoms with Crippen molar-refractivity contribution in [3.8, 4) is 11.5 Å². The van der Waals surface area contributed by atoms with E-state index in [9.17, 15) is 0 Å². The first-order valence-corrected chi connectivity index (χ1v) is 5.96. The van der Waals surface area contributed by atoms with Crippen molar-refractivity contribution in [3.63, 3.8) is 0 Å². The Hall–Kier alpha value is -0.970. The number of hydrogen-bond acceptors (Lipinski definition) is 4. The summed E-state index contributed by atoms with van der Waals surface area (Å²) in [6, 6.07) is 5.31. The molecular weight excluding hydrogens is 242 g/mol. The zero-order chi connectivity index (χ0) is 12.1. The maximum absolute atomic E-state index is 5.87. The molecule has 17 heavy (non-hydrogen) atoms. The van der Waals surface area contributed by atoms with Gasteiger partial charge in [0, 0.05) is 24.2 Å². The highest BCUT2D eigenvalue weighted by atomic mass is 35.5. The van der Waals surface area contributed by atoms with Gasteiger partial charge in [-0.2, -0.15) is 0 Å². The Morgan fingerprint density at radius 1 is 1.47 bits per heavy atom. The number of hydrogen-bond donors (Lipinski definition) is 1. The Morgan fingerprint density at radius 3 is 3.06 bits per heavy atom. The van der Waals surface area contributed by atoms with Gasteiger partial charge in [0.25, 0.3) is 0 Å². The van der Waals surface area contributed by atoms with Crippen molar-refractivity contribution in [3.05, 3.63) is 23.2 Å². The van der Waals surface area contributed by atoms with Crippen molar-refractivity contribution in [1.82, 2.24) is 5.32 Å². The molecule has 1 aromatic rings. The molecule has 1 heterocycles. The molecule has 1 N–H and O–H groups in total. The molecule has 0 aromatic heterocycles. The molecule has 0 bridgehead atoms. The molecular formula is C12H16ClNO3. The summed E-state index contributed by atoms with van der Waals surface area (Å²) in [5, 5.41) is 3.88. The van der Waals surface area contributed by atoms with E-state index in [0.29, 0.717) is 23.1 Å². The largest absolute Gasteiger partial charge is 0.493 e. The number of benzene rings is 1. The number of methoxy groups -OCH3 is 1. The lowest BCUT2D eigenvalue weighted by molar-refractivity contribution is -0.000262. The molecule has 0 amide bonds. The highest BCUT2D eigenvalue weighted by Gasteiger charge is 2.15. The summed E-state index contributed by atoms with van der Waals surface area (Å²) in [5.41, 5.74) is 0. The third-order valence-electron chi connectivity index (χ3n) is 2.55. The number of ether oxygens (including phenoxy) is 3. The third kappa shape index (κ3) is 3.49. The maximum atomic E-state index is 5.87. The first-order chi connectivity index (χ1) is 8.29. The van der Waals surface area contributed by atoms with Crippen molar-refractivity contribution in [2.75, 3.05) is 33.4 Å². The Kier molecular flexibility index (Phi) is 4.48. The van der Waals surface area contributed by atoms with Crippen LogP contribution in [0.2, 0.25) is 5.02 Å². The molecule has 1 unspecified atom stereocenters. The summed E-state index contributed by atoms with van der Waals surface area (Å²) in [6.07, 6.45) is 0.0872. The minimum Gasteiger partial charge on any atom is -0.493 e. The molecule has 2 rings (SSSR count). The average Bonchev–Trinajstić information content (AvgIpc) is 2.38. The number of halogens is 1. The number of morpholine rings is 1. The number of nitrogens with one attached hydrogen (secondary N) is 1. The second-order valence-electron chi connectivity index (χ2n) is 3.80. The van der Waals surface area contributed by atoms with Crippen LogP contribution in [0.25, 0.3) is 0 Å². The molecule has 0 saturated carbocycles. The van der Waals surface area contributed by atoms with Gasteiger partial charge in [0.15, 0.2) is 11.5 Å². The number of rotatable bonds is 4. The van der Waals surface area contributed by atoms with E-state index >= 15 is 0 Å². The second kappa shape index (κ2) is 6.10. The van der Waals surface area contributed by atoms with Crippen LogP contribution >= 0.6 is 11.6 Å². The minimum atomic E-state index is 0.0872. The van der Waals surface area contributed by atoms with E-state index in [2.05, 4.69) is 5.32 Å². The summed E-state index contributed by atoms with van der Waals surface area (Å²) in [4.78, 5) is 0. The predicted octanol–water partition coefficient (Wildman–Crippen LogP) is 1.72. The summed E-state index contributed by atoms with van der Waals surface area (Å²) >= 11 is 5.87. The third-order valence-corrected chi connectivity index (χ3v) is 2.79. The van der Waals surface area contributed by atoms with Crippen molar-refractivity contribution < 1.29 is 14.2 Å². The standard InChI is InChI=1S/C12H16ClNO3/c1-15-12-6-9(13)2-3-11(12)17-8-10-7-14-4-5-16-10/h2-3,6,10,14H,4-5,7-8H2,1H3. The van der Waals surface area contributed by atoms with Crippen LogP contribution in [-0.2, 0) is 4.74 Å². The van der Waals surface area contributed by atoms with Crippen molar-refractivity contribution in [2.24, 2.45) is 0 Å². The van der Waals surface area contributed by atoms with Crippen LogP contribution in [0.15, 0.2) is 18.2 Å². The van der Waals surface area contributed by atoms with Gasteiger partial charge in [0.05, 0.1) is 13.7 Å². The molecule has 0 radical (unpaired) electrons. The monoisotopic (exact) mass is 257 g/mol. The van der Waals surface area contributed by atoms with Gasteiger partial charge in [-0.3, -0.25) is 0 Å². The van der Waals surface area contributed by atoms with E-state index in [1.54, 1.807) is 25.3 Å². The lowest BCUT2D eigenvalue weighted by Crippen LogP contribution is -2.41. The molecule has 0 spiro atoms. The van der Waals surface area contributed by atoms with Crippen LogP contribution < -0.4 is 14.8 Å². The molecule has 1 aromatic carbocycles. The zero-order valence-corrected chi connectivity index (χ0v) is 10.5. The van der Waals surface area contributed by atoms with Gasteiger partial charge in [0.1, 0.15) is 12.7 Å². The molecule has 1 atom stereocenters. The van der Waals surface area contributed by atoms with E-state index in [4.69, 9.17) is 25.8 Å². The fourth-order valence-electron chi connectivity index (χ4n) is 1.67. The molecule has 1 aliphatic heterocycles. The van der Waals surface area contributed by atoms with E-state index in [0.717, 1.165) is 19.7 Å². The van der Waals surface area contributed by atoms with Crippen LogP contribution in [0.4, 0.5) is 0 Å². The fraction of sp³-hybridized carbons (Fsp3) is 0.500. The second-order valence-corrected chi connectivity index (χ2v) is 4.24. The Labute approximate surface area is 106 Å². The van der Waals surface area contributed by atoms with E-state index in [1.165, 1.54) is 0 Å². The summed E-state index contributed by atoms with van der Waals surface area (Å²) < 4.78 is 16.4. The quantitative estimate of drug-likeness (QED) is 0.892. The topological polar surface area (TPSA) is 39.7 Å². The highest BCUT2D eigenvalue weighted by Crippen LogP contribution is 2.30. The van der Waals surface area contributed by atoms with Gasteiger partial charge in [-0.1, -0.05) is 11.6 Å². The summed E-state index contributed by atoms with van der Waals surface area (Å²) in [6.45, 7) is 2.95. The smallest absolute Gasteiger partial charge is 0.162 e. The van der Waals surface area contributed by atoms with Gasteiger partial charge in [-0.25, -0.2) is 0 Å². The van der Waals surface area contributed by atoms with Crippen LogP contribution in [0, 0.1) is 0 Å². The average molecular weight is 258 g/mol. The van der Waals surface area contributed by atoms with Crippen LogP contribution in [-0.4, -0.2) is 39.5 Å². The Morgan fingerprint density at radius 2 is 2.35 bits per heavy atom. The van der Waals surface area contributed by atoms with Crippen LogP contribution in [0.3, 0.4) is 0 Å². The van der Waals surface area contributed by atoms with Crippen LogP contribution in [0.1, 0.15) is 0 Å². The van der Waals surface area contributed by atoms with Gasteiger partial charge < -0.3 is 19.5 Å². The van der Waals surface area contributed by atoms with Crippen molar-refractivity contribution in [2.45, 2.75) is 6.10 Å². The normalized spacial score (nSPS) is 20.0. The molecule has 1 fully saturated rings. The fourth-order valence-corrected chi connectivity index (χ4v) is 1.83. The summed E-state index contributed by atoms with van der Waals surface area (Å²) in [5.74, 6) is 1.33. The van der Waals surface area contributed by atoms with Gasteiger partial charge in [-0.05, 0) is 12.1 Å². The maximum Gasteiger partial charge on any atom is 0.162 e. The molecule has 5 heteroatoms. The SMILES string of the molecule is COc1cc(Cl)ccc1OCC1CNCCO1. The van der Waals surface area contributed by atoms with Crippen LogP contribution in [0.5, 0.6) is 11.5 Å². The molecule has 4 nitrogen and oxygen atoms in total. The first kappa shape index (κ1) is 12.5. The Bertz CT molecular complexity index is 367. The van der Waals surface area contributed by atoms with Crippen molar-refractivity contribution in [1.29, 1.82) is 0 Å².